The molecule has 0 aromatic carbocycles. The molecule has 6 nitrogen and oxygen atoms in total. The second-order valence-corrected chi connectivity index (χ2v) is 8.30. The van der Waals surface area contributed by atoms with E-state index in [2.05, 4.69) is 4.98 Å². The van der Waals surface area contributed by atoms with Gasteiger partial charge in [-0.1, -0.05) is 23.2 Å². The molecule has 0 saturated carbocycles. The second kappa shape index (κ2) is 7.00. The smallest absolute Gasteiger partial charge is 0.410 e. The van der Waals surface area contributed by atoms with Gasteiger partial charge < -0.3 is 14.4 Å². The molecular formula is C17H22Cl2N2O4. The van der Waals surface area contributed by atoms with Crippen molar-refractivity contribution in [2.45, 2.75) is 45.8 Å². The Morgan fingerprint density at radius 2 is 1.88 bits per heavy atom. The van der Waals surface area contributed by atoms with E-state index in [1.165, 1.54) is 6.07 Å². The first-order chi connectivity index (χ1) is 11.4. The monoisotopic (exact) mass is 388 g/mol. The predicted molar refractivity (Wildman–Crippen MR) is 95.6 cm³/mol. The number of carbonyl (C=O) groups is 2. The summed E-state index contributed by atoms with van der Waals surface area (Å²) in [5.74, 6) is 0.353. The number of hydrogen-bond donors (Lipinski definition) is 0. The van der Waals surface area contributed by atoms with Crippen molar-refractivity contribution in [1.82, 2.24) is 9.88 Å². The van der Waals surface area contributed by atoms with Gasteiger partial charge >= 0.3 is 6.09 Å². The fourth-order valence-corrected chi connectivity index (χ4v) is 2.88. The SMILES string of the molecule is CC(C)(C)OC(=O)N1CC(C(C)(C)Oc2cc(Cl)nc(Cl)c2C=O)C1. The molecule has 1 aliphatic rings. The van der Waals surface area contributed by atoms with E-state index in [9.17, 15) is 9.59 Å². The number of carbonyl (C=O) groups excluding carboxylic acids is 2. The number of nitrogens with zero attached hydrogens (tertiary/aromatic N) is 2. The zero-order valence-electron chi connectivity index (χ0n) is 14.9. The van der Waals surface area contributed by atoms with Crippen LogP contribution in [0.15, 0.2) is 6.07 Å². The van der Waals surface area contributed by atoms with Gasteiger partial charge in [-0.2, -0.15) is 0 Å². The molecule has 1 aromatic heterocycles. The Hall–Kier alpha value is -1.53. The van der Waals surface area contributed by atoms with Gasteiger partial charge in [0.2, 0.25) is 0 Å². The van der Waals surface area contributed by atoms with Crippen LogP contribution in [-0.2, 0) is 4.74 Å². The van der Waals surface area contributed by atoms with Gasteiger partial charge in [0.05, 0.1) is 5.56 Å². The molecule has 1 aromatic rings. The molecule has 1 fully saturated rings. The first kappa shape index (κ1) is 19.8. The Morgan fingerprint density at radius 3 is 2.40 bits per heavy atom. The molecule has 1 saturated heterocycles. The second-order valence-electron chi connectivity index (χ2n) is 7.55. The van der Waals surface area contributed by atoms with Crippen LogP contribution in [0.1, 0.15) is 45.0 Å². The number of ether oxygens (including phenoxy) is 2. The summed E-state index contributed by atoms with van der Waals surface area (Å²) in [5, 5.41) is 0.141. The number of hydrogen-bond acceptors (Lipinski definition) is 5. The number of amides is 1. The van der Waals surface area contributed by atoms with Crippen molar-refractivity contribution < 1.29 is 19.1 Å². The average molecular weight is 389 g/mol. The summed E-state index contributed by atoms with van der Waals surface area (Å²) in [7, 11) is 0. The topological polar surface area (TPSA) is 68.7 Å². The third kappa shape index (κ3) is 4.76. The molecule has 0 bridgehead atoms. The van der Waals surface area contributed by atoms with Gasteiger partial charge in [-0.25, -0.2) is 9.78 Å². The zero-order chi connectivity index (χ0) is 19.0. The Balaban J connectivity index is 2.05. The molecule has 0 spiro atoms. The highest BCUT2D eigenvalue weighted by molar-refractivity contribution is 6.34. The Bertz CT molecular complexity index is 680. The predicted octanol–water partition coefficient (Wildman–Crippen LogP) is 4.23. The lowest BCUT2D eigenvalue weighted by atomic mass is 9.84. The van der Waals surface area contributed by atoms with E-state index in [0.717, 1.165) is 0 Å². The zero-order valence-corrected chi connectivity index (χ0v) is 16.4. The van der Waals surface area contributed by atoms with Crippen LogP contribution in [0.2, 0.25) is 10.3 Å². The van der Waals surface area contributed by atoms with Crippen molar-refractivity contribution >= 4 is 35.6 Å². The van der Waals surface area contributed by atoms with Crippen LogP contribution >= 0.6 is 23.2 Å². The molecule has 0 unspecified atom stereocenters. The lowest BCUT2D eigenvalue weighted by Crippen LogP contribution is -2.60. The fraction of sp³-hybridized carbons (Fsp3) is 0.588. The summed E-state index contributed by atoms with van der Waals surface area (Å²) in [6.07, 6.45) is 0.244. The van der Waals surface area contributed by atoms with E-state index in [-0.39, 0.29) is 33.6 Å². The quantitative estimate of drug-likeness (QED) is 0.570. The molecule has 25 heavy (non-hydrogen) atoms. The molecule has 1 aliphatic heterocycles. The van der Waals surface area contributed by atoms with E-state index in [1.807, 2.05) is 34.6 Å². The van der Waals surface area contributed by atoms with Gasteiger partial charge in [0.15, 0.2) is 6.29 Å². The van der Waals surface area contributed by atoms with Gasteiger partial charge in [-0.05, 0) is 34.6 Å². The van der Waals surface area contributed by atoms with Gasteiger partial charge in [0, 0.05) is 25.1 Å². The minimum absolute atomic E-state index is 0.00251. The third-order valence-corrected chi connectivity index (χ3v) is 4.43. The minimum Gasteiger partial charge on any atom is -0.486 e. The van der Waals surface area contributed by atoms with E-state index < -0.39 is 11.2 Å². The van der Waals surface area contributed by atoms with E-state index in [0.29, 0.717) is 19.4 Å². The summed E-state index contributed by atoms with van der Waals surface area (Å²) >= 11 is 11.8. The highest BCUT2D eigenvalue weighted by Crippen LogP contribution is 2.35. The molecule has 8 heteroatoms. The maximum atomic E-state index is 12.0. The van der Waals surface area contributed by atoms with Crippen LogP contribution in [0.25, 0.3) is 0 Å². The summed E-state index contributed by atoms with van der Waals surface area (Å²) in [4.78, 5) is 28.7. The highest BCUT2D eigenvalue weighted by Gasteiger charge is 2.44. The van der Waals surface area contributed by atoms with Crippen LogP contribution in [-0.4, -0.2) is 46.6 Å². The lowest BCUT2D eigenvalue weighted by molar-refractivity contribution is -0.0550. The molecule has 1 amide bonds. The largest absolute Gasteiger partial charge is 0.486 e. The van der Waals surface area contributed by atoms with E-state index >= 15 is 0 Å². The Morgan fingerprint density at radius 1 is 1.28 bits per heavy atom. The molecule has 138 valence electrons. The molecule has 0 atom stereocenters. The minimum atomic E-state index is -0.635. The highest BCUT2D eigenvalue weighted by atomic mass is 35.5. The third-order valence-electron chi connectivity index (χ3n) is 3.95. The molecule has 2 heterocycles. The normalized spacial score (nSPS) is 15.6. The lowest BCUT2D eigenvalue weighted by Gasteiger charge is -2.47. The van der Waals surface area contributed by atoms with Crippen molar-refractivity contribution in [3.8, 4) is 5.75 Å². The van der Waals surface area contributed by atoms with Crippen LogP contribution in [0.5, 0.6) is 5.75 Å². The van der Waals surface area contributed by atoms with E-state index in [1.54, 1.807) is 4.90 Å². The summed E-state index contributed by atoms with van der Waals surface area (Å²) in [6.45, 7) is 10.3. The van der Waals surface area contributed by atoms with Crippen molar-refractivity contribution in [1.29, 1.82) is 0 Å². The number of pyridine rings is 1. The average Bonchev–Trinajstić information content (AvgIpc) is 2.32. The summed E-state index contributed by atoms with van der Waals surface area (Å²) < 4.78 is 11.3. The maximum Gasteiger partial charge on any atom is 0.410 e. The molecular weight excluding hydrogens is 367 g/mol. The first-order valence-electron chi connectivity index (χ1n) is 7.91. The fourth-order valence-electron chi connectivity index (χ4n) is 2.43. The van der Waals surface area contributed by atoms with Gasteiger partial charge in [-0.15, -0.1) is 0 Å². The summed E-state index contributed by atoms with van der Waals surface area (Å²) in [5.41, 5.74) is -1.01. The Kier molecular flexibility index (Phi) is 5.54. The first-order valence-corrected chi connectivity index (χ1v) is 8.66. The molecule has 0 N–H and O–H groups in total. The van der Waals surface area contributed by atoms with Gasteiger partial charge in [0.1, 0.15) is 27.3 Å². The van der Waals surface area contributed by atoms with E-state index in [4.69, 9.17) is 32.7 Å². The molecule has 2 rings (SSSR count). The number of likely N-dealkylation sites (tertiary alicyclic amines) is 1. The van der Waals surface area contributed by atoms with Crippen molar-refractivity contribution in [3.05, 3.63) is 21.9 Å². The van der Waals surface area contributed by atoms with Gasteiger partial charge in [0.25, 0.3) is 0 Å². The van der Waals surface area contributed by atoms with Crippen molar-refractivity contribution in [2.24, 2.45) is 5.92 Å². The van der Waals surface area contributed by atoms with Crippen LogP contribution in [0.4, 0.5) is 4.79 Å². The molecule has 0 radical (unpaired) electrons. The van der Waals surface area contributed by atoms with Crippen LogP contribution in [0.3, 0.4) is 0 Å². The number of halogens is 2. The van der Waals surface area contributed by atoms with Crippen molar-refractivity contribution in [3.63, 3.8) is 0 Å². The van der Waals surface area contributed by atoms with Crippen LogP contribution < -0.4 is 4.74 Å². The standard InChI is InChI=1S/C17H22Cl2N2O4/c1-16(2,3)25-15(23)21-7-10(8-21)17(4,5)24-12-6-13(18)20-14(19)11(12)9-22/h6,9-10H,7-8H2,1-5H3. The maximum absolute atomic E-state index is 12.0. The Labute approximate surface area is 157 Å². The molecule has 0 aliphatic carbocycles. The summed E-state index contributed by atoms with van der Waals surface area (Å²) in [6, 6.07) is 1.46. The van der Waals surface area contributed by atoms with Gasteiger partial charge in [-0.3, -0.25) is 4.79 Å². The number of rotatable bonds is 4. The van der Waals surface area contributed by atoms with Crippen molar-refractivity contribution in [2.75, 3.05) is 13.1 Å². The number of aromatic nitrogens is 1. The van der Waals surface area contributed by atoms with Crippen LogP contribution in [0, 0.1) is 5.92 Å². The number of aldehydes is 1.